The minimum Gasteiger partial charge on any atom is -0.206 e. The Hall–Kier alpha value is -2.41. The second kappa shape index (κ2) is 10.7. The van der Waals surface area contributed by atoms with Crippen molar-refractivity contribution >= 4 is 6.08 Å². The van der Waals surface area contributed by atoms with Crippen LogP contribution in [-0.4, -0.2) is 0 Å². The van der Waals surface area contributed by atoms with Crippen molar-refractivity contribution in [1.82, 2.24) is 0 Å². The Kier molecular flexibility index (Phi) is 8.94. The quantitative estimate of drug-likeness (QED) is 0.460. The molecule has 2 rings (SSSR count). The highest BCUT2D eigenvalue weighted by molar-refractivity contribution is 5.62. The van der Waals surface area contributed by atoms with Crippen molar-refractivity contribution in [2.24, 2.45) is 0 Å². The van der Waals surface area contributed by atoms with E-state index in [1.165, 1.54) is 33.9 Å². The minimum absolute atomic E-state index is 0.293. The highest BCUT2D eigenvalue weighted by atomic mass is 19.1. The van der Waals surface area contributed by atoms with Crippen molar-refractivity contribution in [1.29, 1.82) is 0 Å². The van der Waals surface area contributed by atoms with E-state index in [9.17, 15) is 4.39 Å². The first kappa shape index (κ1) is 22.6. The van der Waals surface area contributed by atoms with Crippen molar-refractivity contribution in [3.8, 4) is 0 Å². The molecule has 0 fully saturated rings. The maximum atomic E-state index is 14.1. The van der Waals surface area contributed by atoms with Crippen molar-refractivity contribution in [2.75, 3.05) is 0 Å². The van der Waals surface area contributed by atoms with Crippen molar-refractivity contribution in [3.63, 3.8) is 0 Å². The molecule has 1 aliphatic carbocycles. The third-order valence-electron chi connectivity index (χ3n) is 4.50. The molecular weight excluding hydrogens is 331 g/mol. The lowest BCUT2D eigenvalue weighted by Gasteiger charge is -2.17. The maximum absolute atomic E-state index is 14.1. The molecule has 0 amide bonds. The molecule has 0 saturated carbocycles. The van der Waals surface area contributed by atoms with Gasteiger partial charge in [-0.25, -0.2) is 4.39 Å². The molecule has 1 heteroatoms. The molecule has 0 N–H and O–H groups in total. The topological polar surface area (TPSA) is 0 Å². The highest BCUT2D eigenvalue weighted by Crippen LogP contribution is 2.31. The number of hydrogen-bond donors (Lipinski definition) is 0. The van der Waals surface area contributed by atoms with Crippen LogP contribution >= 0.6 is 0 Å². The normalized spacial score (nSPS) is 14.6. The summed E-state index contributed by atoms with van der Waals surface area (Å²) in [5, 5.41) is 0. The van der Waals surface area contributed by atoms with Crippen LogP contribution in [0.5, 0.6) is 0 Å². The summed E-state index contributed by atoms with van der Waals surface area (Å²) in [5.74, 6) is -0.293. The number of aryl methyl sites for hydroxylation is 2. The van der Waals surface area contributed by atoms with E-state index >= 15 is 0 Å². The molecule has 1 aromatic rings. The van der Waals surface area contributed by atoms with Crippen LogP contribution in [0.15, 0.2) is 83.3 Å². The molecule has 0 atom stereocenters. The standard InChI is InChI=1S/C24H27F.C2H6/c1-16(2)13-24(25)20(6)22-11-9-21(10-12-22)19(5)15-23-8-7-17(3)14-18(23)4;1-2/h7-9,11,13-15H,1,6,10,12H2,2-5H3;1-2H3/b19-15+,24-13+;. The van der Waals surface area contributed by atoms with Crippen LogP contribution in [0.25, 0.3) is 6.08 Å². The fourth-order valence-corrected chi connectivity index (χ4v) is 2.99. The van der Waals surface area contributed by atoms with E-state index in [1.807, 2.05) is 19.9 Å². The predicted molar refractivity (Wildman–Crippen MR) is 119 cm³/mol. The van der Waals surface area contributed by atoms with Gasteiger partial charge in [0.1, 0.15) is 5.83 Å². The van der Waals surface area contributed by atoms with Gasteiger partial charge in [-0.15, -0.1) is 0 Å². The van der Waals surface area contributed by atoms with Gasteiger partial charge in [0.15, 0.2) is 0 Å². The molecule has 0 bridgehead atoms. The molecule has 0 saturated heterocycles. The van der Waals surface area contributed by atoms with E-state index in [0.29, 0.717) is 11.1 Å². The molecule has 0 nitrogen and oxygen atoms in total. The molecule has 0 unspecified atom stereocenters. The largest absolute Gasteiger partial charge is 0.206 e. The molecule has 0 spiro atoms. The van der Waals surface area contributed by atoms with Gasteiger partial charge in [0.2, 0.25) is 0 Å². The molecule has 0 aromatic heterocycles. The third kappa shape index (κ3) is 6.67. The first-order chi connectivity index (χ1) is 12.8. The van der Waals surface area contributed by atoms with Crippen LogP contribution in [0.4, 0.5) is 4.39 Å². The van der Waals surface area contributed by atoms with Gasteiger partial charge >= 0.3 is 0 Å². The van der Waals surface area contributed by atoms with Gasteiger partial charge < -0.3 is 0 Å². The fraction of sp³-hybridized carbons (Fsp3) is 0.308. The fourth-order valence-electron chi connectivity index (χ4n) is 2.99. The van der Waals surface area contributed by atoms with E-state index in [-0.39, 0.29) is 5.83 Å². The smallest absolute Gasteiger partial charge is 0.130 e. The average Bonchev–Trinajstić information content (AvgIpc) is 2.64. The van der Waals surface area contributed by atoms with Crippen LogP contribution < -0.4 is 0 Å². The van der Waals surface area contributed by atoms with Gasteiger partial charge in [-0.1, -0.05) is 74.6 Å². The number of hydrogen-bond acceptors (Lipinski definition) is 0. The van der Waals surface area contributed by atoms with Crippen molar-refractivity contribution in [3.05, 3.63) is 100.0 Å². The Morgan fingerprint density at radius 2 is 1.59 bits per heavy atom. The van der Waals surface area contributed by atoms with Gasteiger partial charge in [-0.3, -0.25) is 0 Å². The van der Waals surface area contributed by atoms with E-state index in [2.05, 4.69) is 64.3 Å². The molecule has 27 heavy (non-hydrogen) atoms. The van der Waals surface area contributed by atoms with Crippen molar-refractivity contribution in [2.45, 2.75) is 54.4 Å². The summed E-state index contributed by atoms with van der Waals surface area (Å²) >= 11 is 0. The zero-order chi connectivity index (χ0) is 20.6. The van der Waals surface area contributed by atoms with Crippen LogP contribution in [-0.2, 0) is 0 Å². The maximum Gasteiger partial charge on any atom is 0.130 e. The zero-order valence-electron chi connectivity index (χ0n) is 17.7. The number of allylic oxidation sites excluding steroid dienone is 9. The summed E-state index contributed by atoms with van der Waals surface area (Å²) in [4.78, 5) is 0. The Morgan fingerprint density at radius 1 is 1.00 bits per heavy atom. The average molecular weight is 365 g/mol. The second-order valence-electron chi connectivity index (χ2n) is 6.89. The Balaban J connectivity index is 0.00000176. The monoisotopic (exact) mass is 364 g/mol. The van der Waals surface area contributed by atoms with Gasteiger partial charge in [-0.2, -0.15) is 0 Å². The summed E-state index contributed by atoms with van der Waals surface area (Å²) < 4.78 is 14.1. The molecule has 0 heterocycles. The lowest BCUT2D eigenvalue weighted by atomic mass is 9.89. The van der Waals surface area contributed by atoms with E-state index in [0.717, 1.165) is 18.4 Å². The second-order valence-corrected chi connectivity index (χ2v) is 6.89. The van der Waals surface area contributed by atoms with Gasteiger partial charge in [0, 0.05) is 5.57 Å². The summed E-state index contributed by atoms with van der Waals surface area (Å²) in [6.07, 6.45) is 9.46. The SMILES string of the molecule is C=C(C)/C=C(/F)C(=C)C1=CC=C(/C(C)=C/c2ccc(C)cc2C)CC1.CC. The minimum atomic E-state index is -0.293. The summed E-state index contributed by atoms with van der Waals surface area (Å²) in [6.45, 7) is 19.8. The van der Waals surface area contributed by atoms with Crippen LogP contribution in [0.1, 0.15) is 57.2 Å². The molecular formula is C26H33F. The lowest BCUT2D eigenvalue weighted by molar-refractivity contribution is 0.650. The van der Waals surface area contributed by atoms with E-state index in [4.69, 9.17) is 0 Å². The van der Waals surface area contributed by atoms with Crippen LogP contribution in [0.3, 0.4) is 0 Å². The predicted octanol–water partition coefficient (Wildman–Crippen LogP) is 8.37. The van der Waals surface area contributed by atoms with Gasteiger partial charge in [0.25, 0.3) is 0 Å². The molecule has 1 aromatic carbocycles. The molecule has 0 aliphatic heterocycles. The summed E-state index contributed by atoms with van der Waals surface area (Å²) in [6, 6.07) is 6.51. The van der Waals surface area contributed by atoms with Gasteiger partial charge in [0.05, 0.1) is 0 Å². The zero-order valence-corrected chi connectivity index (χ0v) is 17.7. The van der Waals surface area contributed by atoms with Crippen molar-refractivity contribution < 1.29 is 4.39 Å². The van der Waals surface area contributed by atoms with Crippen LogP contribution in [0.2, 0.25) is 0 Å². The number of benzene rings is 1. The third-order valence-corrected chi connectivity index (χ3v) is 4.50. The number of rotatable bonds is 5. The highest BCUT2D eigenvalue weighted by Gasteiger charge is 2.13. The summed E-state index contributed by atoms with van der Waals surface area (Å²) in [7, 11) is 0. The van der Waals surface area contributed by atoms with E-state index in [1.54, 1.807) is 6.92 Å². The Labute approximate surface area is 165 Å². The Bertz CT molecular complexity index is 826. The molecule has 1 aliphatic rings. The first-order valence-electron chi connectivity index (χ1n) is 9.66. The van der Waals surface area contributed by atoms with E-state index < -0.39 is 0 Å². The lowest BCUT2D eigenvalue weighted by Crippen LogP contribution is -1.98. The first-order valence-corrected chi connectivity index (χ1v) is 9.66. The Morgan fingerprint density at radius 3 is 2.11 bits per heavy atom. The van der Waals surface area contributed by atoms with Gasteiger partial charge in [-0.05, 0) is 74.5 Å². The number of halogens is 1. The summed E-state index contributed by atoms with van der Waals surface area (Å²) in [5.41, 5.74) is 8.48. The molecule has 0 radical (unpaired) electrons. The van der Waals surface area contributed by atoms with Crippen LogP contribution in [0, 0.1) is 13.8 Å². The molecule has 144 valence electrons.